The van der Waals surface area contributed by atoms with Crippen LogP contribution in [0, 0.1) is 10.1 Å². The third-order valence-electron chi connectivity index (χ3n) is 4.77. The molecule has 2 heterocycles. The van der Waals surface area contributed by atoms with E-state index in [9.17, 15) is 30.2 Å². The van der Waals surface area contributed by atoms with Crippen LogP contribution in [-0.4, -0.2) is 90.8 Å². The minimum Gasteiger partial charge on any atom is -0.461 e. The molecule has 15 heteroatoms. The molecule has 15 nitrogen and oxygen atoms in total. The lowest BCUT2D eigenvalue weighted by Crippen LogP contribution is -2.57. The molecule has 2 aromatic rings. The molecule has 1 aromatic carbocycles. The van der Waals surface area contributed by atoms with Crippen LogP contribution in [0.3, 0.4) is 0 Å². The Morgan fingerprint density at radius 3 is 2.81 bits per heavy atom. The molecule has 5 N–H and O–H groups in total. The van der Waals surface area contributed by atoms with Crippen LogP contribution < -0.4 is 10.1 Å². The van der Waals surface area contributed by atoms with Crippen LogP contribution in [0.2, 0.25) is 0 Å². The summed E-state index contributed by atoms with van der Waals surface area (Å²) >= 11 is 0. The van der Waals surface area contributed by atoms with Crippen molar-refractivity contribution in [2.75, 3.05) is 13.7 Å². The number of carbonyl (C=O) groups excluding carboxylic acids is 1. The molecule has 0 unspecified atom stereocenters. The van der Waals surface area contributed by atoms with Gasteiger partial charge in [-0.05, 0) is 6.07 Å². The number of aliphatic hydroxyl groups excluding tert-OH is 3. The van der Waals surface area contributed by atoms with Gasteiger partial charge in [0, 0.05) is 24.7 Å². The summed E-state index contributed by atoms with van der Waals surface area (Å²) in [6.45, 7) is -0.646. The van der Waals surface area contributed by atoms with Gasteiger partial charge < -0.3 is 35.3 Å². The van der Waals surface area contributed by atoms with E-state index in [0.717, 1.165) is 23.0 Å². The van der Waals surface area contributed by atoms with Crippen LogP contribution in [0.25, 0.3) is 0 Å². The average molecular weight is 452 g/mol. The lowest BCUT2D eigenvalue weighted by molar-refractivity contribution is -0.384. The highest BCUT2D eigenvalue weighted by atomic mass is 16.7. The second kappa shape index (κ2) is 9.65. The van der Waals surface area contributed by atoms with Crippen LogP contribution >= 0.6 is 0 Å². The number of rotatable bonds is 7. The van der Waals surface area contributed by atoms with Crippen molar-refractivity contribution >= 4 is 17.8 Å². The number of hydrogen-bond donors (Lipinski definition) is 5. The number of nitro groups is 1. The standard InChI is InChI=1S/C17H20N6O9/c1-18-16(27)10-6-22(21-20-10)13-14(25)12(7-24)32-17(15(13)26)31-11-3-2-9(23(29)30)4-8(11)5-19-28/h2-6,12-15,17,24-26,28H,7H2,1H3,(H,18,27)/t12-,13+,14+,15-,17-/m1/s1. The smallest absolute Gasteiger partial charge is 0.273 e. The van der Waals surface area contributed by atoms with Gasteiger partial charge in [-0.15, -0.1) is 5.10 Å². The Labute approximate surface area is 179 Å². The first-order valence-electron chi connectivity index (χ1n) is 9.19. The number of non-ortho nitro benzene ring substituents is 1. The maximum atomic E-state index is 11.8. The number of nitrogens with zero attached hydrogens (tertiary/aromatic N) is 5. The SMILES string of the molecule is CNC(=O)c1cn([C@H]2[C@@H](O)[C@@H](CO)O[C@@H](Oc3ccc([N+](=O)[O-])cc3C=NO)[C@@H]2O)nn1. The van der Waals surface area contributed by atoms with E-state index in [1.54, 1.807) is 0 Å². The molecule has 0 bridgehead atoms. The molecule has 172 valence electrons. The van der Waals surface area contributed by atoms with E-state index in [1.165, 1.54) is 19.3 Å². The van der Waals surface area contributed by atoms with Gasteiger partial charge in [0.2, 0.25) is 6.29 Å². The van der Waals surface area contributed by atoms with Crippen LogP contribution in [0.15, 0.2) is 29.6 Å². The molecule has 0 aliphatic carbocycles. The highest BCUT2D eigenvalue weighted by Gasteiger charge is 2.47. The first-order chi connectivity index (χ1) is 15.3. The van der Waals surface area contributed by atoms with Gasteiger partial charge in [0.05, 0.1) is 23.9 Å². The number of oxime groups is 1. The van der Waals surface area contributed by atoms with Gasteiger partial charge in [-0.3, -0.25) is 14.9 Å². The molecular weight excluding hydrogens is 432 g/mol. The Morgan fingerprint density at radius 2 is 2.19 bits per heavy atom. The zero-order valence-corrected chi connectivity index (χ0v) is 16.5. The van der Waals surface area contributed by atoms with Gasteiger partial charge in [-0.2, -0.15) is 0 Å². The van der Waals surface area contributed by atoms with Crippen molar-refractivity contribution in [2.24, 2.45) is 5.16 Å². The Kier molecular flexibility index (Phi) is 6.94. The molecule has 1 aromatic heterocycles. The number of nitro benzene ring substituents is 1. The highest BCUT2D eigenvalue weighted by molar-refractivity contribution is 5.91. The third kappa shape index (κ3) is 4.50. The first kappa shape index (κ1) is 23.0. The van der Waals surface area contributed by atoms with Gasteiger partial charge >= 0.3 is 0 Å². The molecular formula is C17H20N6O9. The van der Waals surface area contributed by atoms with E-state index in [1.807, 2.05) is 0 Å². The van der Waals surface area contributed by atoms with E-state index in [2.05, 4.69) is 20.8 Å². The monoisotopic (exact) mass is 452 g/mol. The molecule has 0 saturated carbocycles. The van der Waals surface area contributed by atoms with Crippen molar-refractivity contribution in [3.8, 4) is 5.75 Å². The second-order valence-corrected chi connectivity index (χ2v) is 6.70. The topological polar surface area (TPSA) is 215 Å². The Morgan fingerprint density at radius 1 is 1.44 bits per heavy atom. The number of benzene rings is 1. The maximum Gasteiger partial charge on any atom is 0.273 e. The predicted octanol–water partition coefficient (Wildman–Crippen LogP) is -1.59. The fourth-order valence-electron chi connectivity index (χ4n) is 3.18. The second-order valence-electron chi connectivity index (χ2n) is 6.70. The molecule has 1 aliphatic heterocycles. The van der Waals surface area contributed by atoms with Crippen molar-refractivity contribution < 1.29 is 39.7 Å². The molecule has 32 heavy (non-hydrogen) atoms. The summed E-state index contributed by atoms with van der Waals surface area (Å²) in [4.78, 5) is 22.1. The Balaban J connectivity index is 1.93. The molecule has 1 saturated heterocycles. The van der Waals surface area contributed by atoms with Gasteiger partial charge in [0.1, 0.15) is 30.1 Å². The van der Waals surface area contributed by atoms with Crippen molar-refractivity contribution in [1.82, 2.24) is 20.3 Å². The molecule has 1 aliphatic rings. The molecule has 3 rings (SSSR count). The van der Waals surface area contributed by atoms with E-state index in [0.29, 0.717) is 0 Å². The number of amides is 1. The number of hydrogen-bond acceptors (Lipinski definition) is 12. The number of carbonyl (C=O) groups is 1. The highest BCUT2D eigenvalue weighted by Crippen LogP contribution is 2.33. The quantitative estimate of drug-likeness (QED) is 0.140. The summed E-state index contributed by atoms with van der Waals surface area (Å²) in [6.07, 6.45) is -3.65. The minimum absolute atomic E-state index is 0.00313. The summed E-state index contributed by atoms with van der Waals surface area (Å²) in [5, 5.41) is 63.5. The van der Waals surface area contributed by atoms with Crippen LogP contribution in [0.1, 0.15) is 22.1 Å². The fourth-order valence-corrected chi connectivity index (χ4v) is 3.18. The Hall–Kier alpha value is -3.66. The molecule has 0 spiro atoms. The molecule has 1 fully saturated rings. The zero-order valence-electron chi connectivity index (χ0n) is 16.5. The van der Waals surface area contributed by atoms with E-state index in [4.69, 9.17) is 14.7 Å². The van der Waals surface area contributed by atoms with E-state index >= 15 is 0 Å². The van der Waals surface area contributed by atoms with Crippen LogP contribution in [-0.2, 0) is 4.74 Å². The van der Waals surface area contributed by atoms with Crippen molar-refractivity contribution in [3.63, 3.8) is 0 Å². The lowest BCUT2D eigenvalue weighted by atomic mass is 9.96. The average Bonchev–Trinajstić information content (AvgIpc) is 3.26. The lowest BCUT2D eigenvalue weighted by Gasteiger charge is -2.41. The number of aromatic nitrogens is 3. The summed E-state index contributed by atoms with van der Waals surface area (Å²) in [5.74, 6) is -0.591. The predicted molar refractivity (Wildman–Crippen MR) is 103 cm³/mol. The van der Waals surface area contributed by atoms with Gasteiger partial charge in [-0.25, -0.2) is 4.68 Å². The fraction of sp³-hybridized carbons (Fsp3) is 0.412. The van der Waals surface area contributed by atoms with Gasteiger partial charge in [-0.1, -0.05) is 10.4 Å². The number of aliphatic hydroxyl groups is 3. The minimum atomic E-state index is -1.58. The maximum absolute atomic E-state index is 11.8. The third-order valence-corrected chi connectivity index (χ3v) is 4.77. The summed E-state index contributed by atoms with van der Waals surface area (Å²) in [6, 6.07) is 2.18. The largest absolute Gasteiger partial charge is 0.461 e. The van der Waals surface area contributed by atoms with E-state index in [-0.39, 0.29) is 22.7 Å². The number of ether oxygens (including phenoxy) is 2. The molecule has 1 amide bonds. The first-order valence-corrected chi connectivity index (χ1v) is 9.19. The summed E-state index contributed by atoms with van der Waals surface area (Å²) < 4.78 is 12.1. The molecule has 5 atom stereocenters. The van der Waals surface area contributed by atoms with Crippen molar-refractivity contribution in [3.05, 3.63) is 45.8 Å². The van der Waals surface area contributed by atoms with Gasteiger partial charge in [0.15, 0.2) is 5.69 Å². The Bertz CT molecular complexity index is 1010. The normalized spacial score (nSPS) is 25.6. The van der Waals surface area contributed by atoms with Crippen LogP contribution in [0.5, 0.6) is 5.75 Å². The van der Waals surface area contributed by atoms with Gasteiger partial charge in [0.25, 0.3) is 11.6 Å². The summed E-state index contributed by atoms with van der Waals surface area (Å²) in [7, 11) is 1.39. The van der Waals surface area contributed by atoms with Crippen molar-refractivity contribution in [2.45, 2.75) is 30.6 Å². The zero-order chi connectivity index (χ0) is 23.4. The van der Waals surface area contributed by atoms with E-state index < -0.39 is 48.1 Å². The van der Waals surface area contributed by atoms with Crippen LogP contribution in [0.4, 0.5) is 5.69 Å². The number of nitrogens with one attached hydrogen (secondary N) is 1. The molecule has 0 radical (unpaired) electrons. The van der Waals surface area contributed by atoms with Crippen molar-refractivity contribution in [1.29, 1.82) is 0 Å². The summed E-state index contributed by atoms with van der Waals surface area (Å²) in [5.41, 5.74) is -0.375.